The van der Waals surface area contributed by atoms with Gasteiger partial charge in [-0.3, -0.25) is 4.79 Å². The molecule has 0 aliphatic rings. The molecule has 0 saturated carbocycles. The van der Waals surface area contributed by atoms with Gasteiger partial charge in [0.25, 0.3) is 0 Å². The molecule has 0 aliphatic carbocycles. The Morgan fingerprint density at radius 1 is 0.905 bits per heavy atom. The Balaban J connectivity index is 3.42. The van der Waals surface area contributed by atoms with E-state index in [0.29, 0.717) is 0 Å². The van der Waals surface area contributed by atoms with Gasteiger partial charge in [-0.15, -0.1) is 0 Å². The first kappa shape index (κ1) is 20.4. The van der Waals surface area contributed by atoms with Gasteiger partial charge >= 0.3 is 5.97 Å². The van der Waals surface area contributed by atoms with E-state index in [-0.39, 0.29) is 5.41 Å². The van der Waals surface area contributed by atoms with Crippen molar-refractivity contribution < 1.29 is 9.90 Å². The minimum absolute atomic E-state index is 0.300. The molecule has 0 radical (unpaired) electrons. The minimum Gasteiger partial charge on any atom is -0.480 e. The van der Waals surface area contributed by atoms with Crippen molar-refractivity contribution >= 4 is 5.97 Å². The number of unbranched alkanes of at least 4 members (excludes halogenated alkanes) is 10. The van der Waals surface area contributed by atoms with Crippen molar-refractivity contribution in [3.05, 3.63) is 0 Å². The van der Waals surface area contributed by atoms with E-state index < -0.39 is 12.0 Å². The molecule has 0 spiro atoms. The van der Waals surface area contributed by atoms with E-state index >= 15 is 0 Å². The summed E-state index contributed by atoms with van der Waals surface area (Å²) in [6.45, 7) is 6.18. The monoisotopic (exact) mass is 299 g/mol. The number of hydrogen-bond donors (Lipinski definition) is 2. The van der Waals surface area contributed by atoms with Crippen LogP contribution in [-0.2, 0) is 4.79 Å². The minimum atomic E-state index is -0.886. The third kappa shape index (κ3) is 10.8. The van der Waals surface area contributed by atoms with Crippen LogP contribution in [0, 0.1) is 5.41 Å². The van der Waals surface area contributed by atoms with Gasteiger partial charge in [-0.1, -0.05) is 91.4 Å². The lowest BCUT2D eigenvalue weighted by atomic mass is 9.80. The summed E-state index contributed by atoms with van der Waals surface area (Å²) in [5, 5.41) is 8.97. The fourth-order valence-electron chi connectivity index (χ4n) is 2.73. The largest absolute Gasteiger partial charge is 0.480 e. The molecule has 0 amide bonds. The average molecular weight is 299 g/mol. The van der Waals surface area contributed by atoms with E-state index in [1.807, 2.05) is 13.8 Å². The molecule has 0 aromatic rings. The summed E-state index contributed by atoms with van der Waals surface area (Å²) in [5.74, 6) is -0.886. The van der Waals surface area contributed by atoms with Gasteiger partial charge in [0.05, 0.1) is 0 Å². The van der Waals surface area contributed by atoms with Crippen LogP contribution in [-0.4, -0.2) is 17.1 Å². The van der Waals surface area contributed by atoms with Gasteiger partial charge in [0, 0.05) is 0 Å². The molecular weight excluding hydrogens is 262 g/mol. The summed E-state index contributed by atoms with van der Waals surface area (Å²) in [5.41, 5.74) is 5.42. The Morgan fingerprint density at radius 2 is 1.29 bits per heavy atom. The highest BCUT2D eigenvalue weighted by molar-refractivity contribution is 5.74. The zero-order valence-corrected chi connectivity index (χ0v) is 14.5. The Morgan fingerprint density at radius 3 is 1.67 bits per heavy atom. The number of carbonyl (C=O) groups is 1. The van der Waals surface area contributed by atoms with Crippen molar-refractivity contribution in [1.82, 2.24) is 0 Å². The van der Waals surface area contributed by atoms with E-state index in [1.165, 1.54) is 64.2 Å². The molecule has 126 valence electrons. The molecule has 0 saturated heterocycles. The van der Waals surface area contributed by atoms with Gasteiger partial charge in [0.15, 0.2) is 0 Å². The van der Waals surface area contributed by atoms with Crippen LogP contribution >= 0.6 is 0 Å². The number of aliphatic carboxylic acids is 1. The first-order chi connectivity index (χ1) is 9.91. The molecule has 1 atom stereocenters. The van der Waals surface area contributed by atoms with E-state index in [4.69, 9.17) is 10.8 Å². The molecule has 21 heavy (non-hydrogen) atoms. The van der Waals surface area contributed by atoms with Crippen LogP contribution in [0.3, 0.4) is 0 Å². The highest BCUT2D eigenvalue weighted by Gasteiger charge is 2.31. The van der Waals surface area contributed by atoms with Gasteiger partial charge in [-0.2, -0.15) is 0 Å². The summed E-state index contributed by atoms with van der Waals surface area (Å²) in [6.07, 6.45) is 15.4. The number of carboxylic acids is 1. The van der Waals surface area contributed by atoms with Crippen LogP contribution < -0.4 is 5.73 Å². The van der Waals surface area contributed by atoms with Crippen LogP contribution in [0.4, 0.5) is 0 Å². The Bertz CT molecular complexity index is 264. The number of nitrogens with two attached hydrogens (primary N) is 1. The molecule has 1 unspecified atom stereocenters. The van der Waals surface area contributed by atoms with Crippen molar-refractivity contribution in [3.8, 4) is 0 Å². The lowest BCUT2D eigenvalue weighted by molar-refractivity contribution is -0.141. The molecular formula is C18H37NO2. The van der Waals surface area contributed by atoms with E-state index in [2.05, 4.69) is 6.92 Å². The Hall–Kier alpha value is -0.570. The standard InChI is InChI=1S/C18H37NO2/c1-4-5-6-7-8-9-10-11-12-13-14-15-18(2,3)16(19)17(20)21/h16H,4-15,19H2,1-3H3,(H,20,21). The maximum Gasteiger partial charge on any atom is 0.321 e. The molecule has 3 N–H and O–H groups in total. The summed E-state index contributed by atoms with van der Waals surface area (Å²) < 4.78 is 0. The zero-order valence-electron chi connectivity index (χ0n) is 14.5. The first-order valence-electron chi connectivity index (χ1n) is 8.90. The fraction of sp³-hybridized carbons (Fsp3) is 0.944. The highest BCUT2D eigenvalue weighted by atomic mass is 16.4. The molecule has 0 aliphatic heterocycles. The first-order valence-corrected chi connectivity index (χ1v) is 8.90. The number of hydrogen-bond acceptors (Lipinski definition) is 2. The van der Waals surface area contributed by atoms with Crippen LogP contribution in [0.5, 0.6) is 0 Å². The third-order valence-electron chi connectivity index (χ3n) is 4.53. The summed E-state index contributed by atoms with van der Waals surface area (Å²) in [7, 11) is 0. The topological polar surface area (TPSA) is 63.3 Å². The third-order valence-corrected chi connectivity index (χ3v) is 4.53. The van der Waals surface area contributed by atoms with Gasteiger partial charge in [-0.05, 0) is 11.8 Å². The highest BCUT2D eigenvalue weighted by Crippen LogP contribution is 2.27. The number of rotatable bonds is 14. The fourth-order valence-corrected chi connectivity index (χ4v) is 2.73. The van der Waals surface area contributed by atoms with Crippen molar-refractivity contribution in [3.63, 3.8) is 0 Å². The summed E-state index contributed by atoms with van der Waals surface area (Å²) in [6, 6.07) is -0.749. The maximum absolute atomic E-state index is 10.9. The molecule has 0 aromatic carbocycles. The summed E-state index contributed by atoms with van der Waals surface area (Å²) in [4.78, 5) is 10.9. The second-order valence-corrected chi connectivity index (χ2v) is 7.09. The Labute approximate surface area is 131 Å². The van der Waals surface area contributed by atoms with Crippen LogP contribution in [0.1, 0.15) is 97.8 Å². The normalized spacial score (nSPS) is 13.3. The van der Waals surface area contributed by atoms with Gasteiger partial charge < -0.3 is 10.8 Å². The molecule has 3 heteroatoms. The van der Waals surface area contributed by atoms with Crippen LogP contribution in [0.15, 0.2) is 0 Å². The van der Waals surface area contributed by atoms with Gasteiger partial charge in [-0.25, -0.2) is 0 Å². The second kappa shape index (κ2) is 12.0. The quantitative estimate of drug-likeness (QED) is 0.437. The zero-order chi connectivity index (χ0) is 16.1. The van der Waals surface area contributed by atoms with Gasteiger partial charge in [0.1, 0.15) is 6.04 Å². The van der Waals surface area contributed by atoms with Crippen molar-refractivity contribution in [1.29, 1.82) is 0 Å². The Kier molecular flexibility index (Phi) is 11.7. The molecule has 0 fully saturated rings. The lowest BCUT2D eigenvalue weighted by Gasteiger charge is -2.28. The SMILES string of the molecule is CCCCCCCCCCCCCC(C)(C)C(N)C(=O)O. The van der Waals surface area contributed by atoms with Crippen LogP contribution in [0.25, 0.3) is 0 Å². The molecule has 3 nitrogen and oxygen atoms in total. The smallest absolute Gasteiger partial charge is 0.321 e. The average Bonchev–Trinajstić information content (AvgIpc) is 2.43. The molecule has 0 aromatic heterocycles. The lowest BCUT2D eigenvalue weighted by Crippen LogP contribution is -2.43. The molecule has 0 bridgehead atoms. The van der Waals surface area contributed by atoms with E-state index in [0.717, 1.165) is 12.8 Å². The van der Waals surface area contributed by atoms with E-state index in [1.54, 1.807) is 0 Å². The molecule has 0 heterocycles. The second-order valence-electron chi connectivity index (χ2n) is 7.09. The summed E-state index contributed by atoms with van der Waals surface area (Å²) >= 11 is 0. The van der Waals surface area contributed by atoms with Crippen LogP contribution in [0.2, 0.25) is 0 Å². The number of carboxylic acid groups (broad SMARTS) is 1. The van der Waals surface area contributed by atoms with Crippen molar-refractivity contribution in [2.24, 2.45) is 11.1 Å². The maximum atomic E-state index is 10.9. The van der Waals surface area contributed by atoms with Gasteiger partial charge in [0.2, 0.25) is 0 Å². The van der Waals surface area contributed by atoms with Crippen molar-refractivity contribution in [2.45, 2.75) is 104 Å². The predicted molar refractivity (Wildman–Crippen MR) is 90.5 cm³/mol. The predicted octanol–water partition coefficient (Wildman–Crippen LogP) is 5.13. The van der Waals surface area contributed by atoms with Crippen molar-refractivity contribution in [2.75, 3.05) is 0 Å². The van der Waals surface area contributed by atoms with E-state index in [9.17, 15) is 4.79 Å². The molecule has 0 rings (SSSR count).